The smallest absolute Gasteiger partial charge is 0.171 e. The number of aliphatic hydroxyl groups is 2. The minimum atomic E-state index is -1.51. The SMILES string of the molecule is O=CC=CC(O)O. The fourth-order valence-electron chi connectivity index (χ4n) is 0.145. The monoisotopic (exact) mass is 102 g/mol. The predicted molar refractivity (Wildman–Crippen MR) is 23.4 cm³/mol. The fourth-order valence-corrected chi connectivity index (χ4v) is 0.145. The van der Waals surface area contributed by atoms with Gasteiger partial charge in [0.05, 0.1) is 0 Å². The van der Waals surface area contributed by atoms with Crippen LogP contribution in [-0.2, 0) is 4.79 Å². The van der Waals surface area contributed by atoms with Crippen LogP contribution >= 0.6 is 0 Å². The summed E-state index contributed by atoms with van der Waals surface area (Å²) in [7, 11) is 0. The molecule has 0 aliphatic rings. The predicted octanol–water partition coefficient (Wildman–Crippen LogP) is -0.948. The molecule has 0 fully saturated rings. The third-order valence-electron chi connectivity index (χ3n) is 0.362. The van der Waals surface area contributed by atoms with Crippen LogP contribution in [0.3, 0.4) is 0 Å². The summed E-state index contributed by atoms with van der Waals surface area (Å²) in [6, 6.07) is 0. The van der Waals surface area contributed by atoms with Gasteiger partial charge in [-0.15, -0.1) is 0 Å². The molecule has 0 rings (SSSR count). The number of allylic oxidation sites excluding steroid dienone is 1. The van der Waals surface area contributed by atoms with Gasteiger partial charge in [-0.1, -0.05) is 0 Å². The van der Waals surface area contributed by atoms with Gasteiger partial charge in [0, 0.05) is 0 Å². The molecule has 0 bridgehead atoms. The number of hydrogen-bond acceptors (Lipinski definition) is 3. The first-order valence-corrected chi connectivity index (χ1v) is 1.75. The normalized spacial score (nSPS) is 10.7. The van der Waals surface area contributed by atoms with Gasteiger partial charge in [0.1, 0.15) is 6.29 Å². The van der Waals surface area contributed by atoms with E-state index in [0.29, 0.717) is 6.29 Å². The van der Waals surface area contributed by atoms with Crippen molar-refractivity contribution in [3.8, 4) is 0 Å². The first-order valence-electron chi connectivity index (χ1n) is 1.75. The molecule has 0 spiro atoms. The van der Waals surface area contributed by atoms with E-state index < -0.39 is 6.29 Å². The summed E-state index contributed by atoms with van der Waals surface area (Å²) in [4.78, 5) is 9.40. The zero-order valence-electron chi connectivity index (χ0n) is 3.61. The zero-order chi connectivity index (χ0) is 5.70. The maximum Gasteiger partial charge on any atom is 0.171 e. The molecule has 0 aromatic rings. The van der Waals surface area contributed by atoms with Gasteiger partial charge in [-0.2, -0.15) is 0 Å². The van der Waals surface area contributed by atoms with Crippen molar-refractivity contribution in [3.05, 3.63) is 12.2 Å². The molecule has 0 aromatic carbocycles. The Morgan fingerprint density at radius 1 is 1.43 bits per heavy atom. The van der Waals surface area contributed by atoms with Gasteiger partial charge >= 0.3 is 0 Å². The Morgan fingerprint density at radius 2 is 2.00 bits per heavy atom. The van der Waals surface area contributed by atoms with Gasteiger partial charge < -0.3 is 10.2 Å². The lowest BCUT2D eigenvalue weighted by Crippen LogP contribution is -1.96. The zero-order valence-corrected chi connectivity index (χ0v) is 3.61. The van der Waals surface area contributed by atoms with E-state index in [2.05, 4.69) is 0 Å². The Balaban J connectivity index is 3.25. The maximum absolute atomic E-state index is 9.40. The van der Waals surface area contributed by atoms with Crippen molar-refractivity contribution in [3.63, 3.8) is 0 Å². The minimum Gasteiger partial charge on any atom is -0.365 e. The average molecular weight is 102 g/mol. The Hall–Kier alpha value is -0.670. The highest BCUT2D eigenvalue weighted by molar-refractivity contribution is 5.64. The number of carbonyl (C=O) groups is 1. The Labute approximate surface area is 40.9 Å². The van der Waals surface area contributed by atoms with E-state index in [-0.39, 0.29) is 0 Å². The number of aldehydes is 1. The molecule has 0 saturated heterocycles. The molecule has 3 heteroatoms. The summed E-state index contributed by atoms with van der Waals surface area (Å²) in [6.07, 6.45) is 0.946. The van der Waals surface area contributed by atoms with Crippen molar-refractivity contribution in [1.29, 1.82) is 0 Å². The van der Waals surface area contributed by atoms with Crippen molar-refractivity contribution >= 4 is 6.29 Å². The Kier molecular flexibility index (Phi) is 3.18. The number of hydrogen-bond donors (Lipinski definition) is 2. The highest BCUT2D eigenvalue weighted by Crippen LogP contribution is 1.73. The molecule has 0 unspecified atom stereocenters. The van der Waals surface area contributed by atoms with Gasteiger partial charge in [-0.3, -0.25) is 4.79 Å². The fraction of sp³-hybridized carbons (Fsp3) is 0.250. The molecule has 40 valence electrons. The second kappa shape index (κ2) is 3.52. The first-order chi connectivity index (χ1) is 3.27. The van der Waals surface area contributed by atoms with Gasteiger partial charge in [-0.25, -0.2) is 0 Å². The van der Waals surface area contributed by atoms with E-state index in [4.69, 9.17) is 10.2 Å². The van der Waals surface area contributed by atoms with E-state index in [0.717, 1.165) is 12.2 Å². The molecule has 2 N–H and O–H groups in total. The third-order valence-corrected chi connectivity index (χ3v) is 0.362. The van der Waals surface area contributed by atoms with Crippen molar-refractivity contribution in [2.75, 3.05) is 0 Å². The van der Waals surface area contributed by atoms with Crippen molar-refractivity contribution in [1.82, 2.24) is 0 Å². The second-order valence-electron chi connectivity index (χ2n) is 0.935. The summed E-state index contributed by atoms with van der Waals surface area (Å²) in [6.45, 7) is 0. The molecular weight excluding hydrogens is 96.0 g/mol. The summed E-state index contributed by atoms with van der Waals surface area (Å²) in [5.74, 6) is 0. The van der Waals surface area contributed by atoms with Crippen LogP contribution in [0.2, 0.25) is 0 Å². The lowest BCUT2D eigenvalue weighted by molar-refractivity contribution is -0.104. The molecule has 0 aliphatic carbocycles. The summed E-state index contributed by atoms with van der Waals surface area (Å²) in [5, 5.41) is 16.0. The topological polar surface area (TPSA) is 57.5 Å². The second-order valence-corrected chi connectivity index (χ2v) is 0.935. The summed E-state index contributed by atoms with van der Waals surface area (Å²) in [5.41, 5.74) is 0. The van der Waals surface area contributed by atoms with E-state index in [1.807, 2.05) is 0 Å². The first kappa shape index (κ1) is 6.33. The lowest BCUT2D eigenvalue weighted by atomic mass is 10.5. The van der Waals surface area contributed by atoms with Crippen molar-refractivity contribution in [2.24, 2.45) is 0 Å². The Bertz CT molecular complexity index is 75.0. The summed E-state index contributed by atoms with van der Waals surface area (Å²) < 4.78 is 0. The quantitative estimate of drug-likeness (QED) is 0.268. The van der Waals surface area contributed by atoms with Crippen LogP contribution in [0.4, 0.5) is 0 Å². The molecule has 0 heterocycles. The van der Waals surface area contributed by atoms with Gasteiger partial charge in [0.25, 0.3) is 0 Å². The maximum atomic E-state index is 9.40. The van der Waals surface area contributed by atoms with Crippen LogP contribution < -0.4 is 0 Å². The lowest BCUT2D eigenvalue weighted by Gasteiger charge is -1.86. The van der Waals surface area contributed by atoms with E-state index in [1.165, 1.54) is 0 Å². The van der Waals surface area contributed by atoms with Crippen molar-refractivity contribution in [2.45, 2.75) is 6.29 Å². The highest BCUT2D eigenvalue weighted by Gasteiger charge is 1.81. The van der Waals surface area contributed by atoms with Crippen LogP contribution in [0.5, 0.6) is 0 Å². The molecule has 0 amide bonds. The van der Waals surface area contributed by atoms with E-state index >= 15 is 0 Å². The summed E-state index contributed by atoms with van der Waals surface area (Å²) >= 11 is 0. The standard InChI is InChI=1S/C4H6O3/c5-3-1-2-4(6)7/h1-4,6-7H. The molecule has 0 aliphatic heterocycles. The van der Waals surface area contributed by atoms with E-state index in [1.54, 1.807) is 0 Å². The van der Waals surface area contributed by atoms with Crippen LogP contribution in [0, 0.1) is 0 Å². The highest BCUT2D eigenvalue weighted by atomic mass is 16.5. The molecule has 0 aromatic heterocycles. The third kappa shape index (κ3) is 5.33. The van der Waals surface area contributed by atoms with Crippen molar-refractivity contribution < 1.29 is 15.0 Å². The van der Waals surface area contributed by atoms with Gasteiger partial charge in [-0.05, 0) is 12.2 Å². The van der Waals surface area contributed by atoms with Crippen LogP contribution in [-0.4, -0.2) is 22.8 Å². The molecule has 0 radical (unpaired) electrons. The molecule has 0 saturated carbocycles. The molecular formula is C4H6O3. The minimum absolute atomic E-state index is 0.472. The number of rotatable bonds is 2. The Morgan fingerprint density at radius 3 is 2.14 bits per heavy atom. The molecule has 0 atom stereocenters. The van der Waals surface area contributed by atoms with E-state index in [9.17, 15) is 4.79 Å². The molecule has 7 heavy (non-hydrogen) atoms. The number of aliphatic hydroxyl groups excluding tert-OH is 1. The number of carbonyl (C=O) groups excluding carboxylic acids is 1. The van der Waals surface area contributed by atoms with Crippen LogP contribution in [0.1, 0.15) is 0 Å². The molecule has 3 nitrogen and oxygen atoms in total. The van der Waals surface area contributed by atoms with Crippen LogP contribution in [0.25, 0.3) is 0 Å². The largest absolute Gasteiger partial charge is 0.365 e. The average Bonchev–Trinajstić information content (AvgIpc) is 1.61. The van der Waals surface area contributed by atoms with Crippen LogP contribution in [0.15, 0.2) is 12.2 Å². The van der Waals surface area contributed by atoms with Gasteiger partial charge in [0.15, 0.2) is 6.29 Å². The van der Waals surface area contributed by atoms with Gasteiger partial charge in [0.2, 0.25) is 0 Å².